The molecule has 106 valence electrons. The molecule has 0 saturated carbocycles. The number of halogens is 1. The van der Waals surface area contributed by atoms with Crippen LogP contribution in [0.1, 0.15) is 20.3 Å². The van der Waals surface area contributed by atoms with E-state index in [0.29, 0.717) is 17.6 Å². The summed E-state index contributed by atoms with van der Waals surface area (Å²) in [6, 6.07) is 8.25. The van der Waals surface area contributed by atoms with Gasteiger partial charge in [0.1, 0.15) is 11.6 Å². The summed E-state index contributed by atoms with van der Waals surface area (Å²) in [7, 11) is 0. The molecule has 4 nitrogen and oxygen atoms in total. The van der Waals surface area contributed by atoms with Gasteiger partial charge in [0.15, 0.2) is 0 Å². The first-order valence-electron chi connectivity index (χ1n) is 6.73. The normalized spacial score (nSPS) is 10.6. The van der Waals surface area contributed by atoms with Crippen molar-refractivity contribution in [1.82, 2.24) is 9.97 Å². The highest BCUT2D eigenvalue weighted by atomic mass is 19.1. The second kappa shape index (κ2) is 6.84. The Kier molecular flexibility index (Phi) is 4.87. The van der Waals surface area contributed by atoms with Gasteiger partial charge in [-0.15, -0.1) is 0 Å². The van der Waals surface area contributed by atoms with Gasteiger partial charge in [0.2, 0.25) is 5.95 Å². The van der Waals surface area contributed by atoms with E-state index in [1.54, 1.807) is 30.5 Å². The molecule has 1 aromatic carbocycles. The van der Waals surface area contributed by atoms with E-state index < -0.39 is 0 Å². The molecule has 0 aliphatic heterocycles. The summed E-state index contributed by atoms with van der Waals surface area (Å²) in [5, 5.41) is 6.11. The van der Waals surface area contributed by atoms with Crippen molar-refractivity contribution in [3.63, 3.8) is 0 Å². The summed E-state index contributed by atoms with van der Waals surface area (Å²) in [4.78, 5) is 8.40. The maximum Gasteiger partial charge on any atom is 0.229 e. The highest BCUT2D eigenvalue weighted by Gasteiger charge is 2.04. The monoisotopic (exact) mass is 274 g/mol. The Labute approximate surface area is 118 Å². The van der Waals surface area contributed by atoms with E-state index in [2.05, 4.69) is 34.4 Å². The number of hydrogen-bond acceptors (Lipinski definition) is 4. The zero-order valence-corrected chi connectivity index (χ0v) is 11.7. The maximum absolute atomic E-state index is 13.5. The molecule has 0 unspecified atom stereocenters. The van der Waals surface area contributed by atoms with Crippen molar-refractivity contribution in [3.05, 3.63) is 42.3 Å². The van der Waals surface area contributed by atoms with Crippen LogP contribution in [0.15, 0.2) is 36.5 Å². The minimum atomic E-state index is -0.325. The fourth-order valence-electron chi connectivity index (χ4n) is 1.69. The fraction of sp³-hybridized carbons (Fsp3) is 0.333. The molecule has 5 heteroatoms. The van der Waals surface area contributed by atoms with Crippen LogP contribution >= 0.6 is 0 Å². The molecule has 0 atom stereocenters. The smallest absolute Gasteiger partial charge is 0.229 e. The number of hydrogen-bond donors (Lipinski definition) is 2. The molecule has 1 aromatic heterocycles. The Morgan fingerprint density at radius 3 is 2.75 bits per heavy atom. The lowest BCUT2D eigenvalue weighted by atomic mass is 10.1. The molecule has 2 aromatic rings. The van der Waals surface area contributed by atoms with Crippen LogP contribution in [0.2, 0.25) is 0 Å². The molecule has 0 amide bonds. The minimum absolute atomic E-state index is 0.325. The molecule has 1 heterocycles. The molecule has 2 rings (SSSR count). The van der Waals surface area contributed by atoms with Crippen LogP contribution in [0.25, 0.3) is 0 Å². The highest BCUT2D eigenvalue weighted by molar-refractivity contribution is 5.55. The molecule has 2 N–H and O–H groups in total. The van der Waals surface area contributed by atoms with Gasteiger partial charge >= 0.3 is 0 Å². The van der Waals surface area contributed by atoms with E-state index in [0.717, 1.165) is 18.8 Å². The number of anilines is 3. The van der Waals surface area contributed by atoms with Gasteiger partial charge in [-0.05, 0) is 30.5 Å². The minimum Gasteiger partial charge on any atom is -0.370 e. The molecule has 0 aliphatic carbocycles. The Morgan fingerprint density at radius 1 is 1.20 bits per heavy atom. The summed E-state index contributed by atoms with van der Waals surface area (Å²) < 4.78 is 13.5. The van der Waals surface area contributed by atoms with Gasteiger partial charge in [-0.25, -0.2) is 9.37 Å². The number of rotatable bonds is 6. The van der Waals surface area contributed by atoms with Crippen LogP contribution in [-0.4, -0.2) is 16.5 Å². The van der Waals surface area contributed by atoms with Crippen molar-refractivity contribution >= 4 is 17.5 Å². The van der Waals surface area contributed by atoms with Crippen LogP contribution in [0.3, 0.4) is 0 Å². The topological polar surface area (TPSA) is 49.8 Å². The van der Waals surface area contributed by atoms with Crippen LogP contribution in [0.4, 0.5) is 21.8 Å². The average Bonchev–Trinajstić information content (AvgIpc) is 2.41. The van der Waals surface area contributed by atoms with Gasteiger partial charge < -0.3 is 10.6 Å². The largest absolute Gasteiger partial charge is 0.370 e. The third-order valence-electron chi connectivity index (χ3n) is 2.80. The van der Waals surface area contributed by atoms with Gasteiger partial charge in [0, 0.05) is 12.7 Å². The summed E-state index contributed by atoms with van der Waals surface area (Å²) >= 11 is 0. The SMILES string of the molecule is CC(C)CCNc1ccnc(Nc2ccccc2F)n1. The van der Waals surface area contributed by atoms with Crippen molar-refractivity contribution in [1.29, 1.82) is 0 Å². The predicted octanol–water partition coefficient (Wildman–Crippen LogP) is 3.82. The lowest BCUT2D eigenvalue weighted by Crippen LogP contribution is -2.07. The lowest BCUT2D eigenvalue weighted by Gasteiger charge is -2.09. The zero-order chi connectivity index (χ0) is 14.4. The van der Waals surface area contributed by atoms with Gasteiger partial charge in [-0.2, -0.15) is 4.98 Å². The quantitative estimate of drug-likeness (QED) is 0.840. The standard InChI is InChI=1S/C15H19FN4/c1-11(2)7-9-17-14-8-10-18-15(20-14)19-13-6-4-3-5-12(13)16/h3-6,8,10-11H,7,9H2,1-2H3,(H2,17,18,19,20). The number of aromatic nitrogens is 2. The van der Waals surface area contributed by atoms with Gasteiger partial charge in [0.25, 0.3) is 0 Å². The lowest BCUT2D eigenvalue weighted by molar-refractivity contribution is 0.606. The third kappa shape index (κ3) is 4.19. The van der Waals surface area contributed by atoms with E-state index in [1.807, 2.05) is 0 Å². The Hall–Kier alpha value is -2.17. The summed E-state index contributed by atoms with van der Waals surface area (Å²) in [6.07, 6.45) is 2.72. The van der Waals surface area contributed by atoms with Crippen molar-refractivity contribution in [3.8, 4) is 0 Å². The summed E-state index contributed by atoms with van der Waals surface area (Å²) in [6.45, 7) is 5.20. The first kappa shape index (κ1) is 14.2. The Balaban J connectivity index is 2.01. The van der Waals surface area contributed by atoms with E-state index in [1.165, 1.54) is 6.07 Å². The first-order chi connectivity index (χ1) is 9.65. The second-order valence-corrected chi connectivity index (χ2v) is 4.98. The van der Waals surface area contributed by atoms with E-state index >= 15 is 0 Å². The van der Waals surface area contributed by atoms with Crippen molar-refractivity contribution < 1.29 is 4.39 Å². The third-order valence-corrected chi connectivity index (χ3v) is 2.80. The molecule has 0 spiro atoms. The van der Waals surface area contributed by atoms with Crippen LogP contribution < -0.4 is 10.6 Å². The zero-order valence-electron chi connectivity index (χ0n) is 11.7. The van der Waals surface area contributed by atoms with Crippen molar-refractivity contribution in [2.45, 2.75) is 20.3 Å². The van der Waals surface area contributed by atoms with Crippen LogP contribution in [0.5, 0.6) is 0 Å². The predicted molar refractivity (Wildman–Crippen MR) is 79.7 cm³/mol. The molecule has 0 bridgehead atoms. The number of nitrogens with one attached hydrogen (secondary N) is 2. The molecule has 0 fully saturated rings. The Morgan fingerprint density at radius 2 is 2.00 bits per heavy atom. The van der Waals surface area contributed by atoms with Crippen molar-refractivity contribution in [2.75, 3.05) is 17.2 Å². The molecule has 0 aliphatic rings. The molecular weight excluding hydrogens is 255 g/mol. The van der Waals surface area contributed by atoms with Crippen molar-refractivity contribution in [2.24, 2.45) is 5.92 Å². The molecule has 0 saturated heterocycles. The number of para-hydroxylation sites is 1. The fourth-order valence-corrected chi connectivity index (χ4v) is 1.69. The number of nitrogens with zero attached hydrogens (tertiary/aromatic N) is 2. The van der Waals surface area contributed by atoms with Gasteiger partial charge in [0.05, 0.1) is 5.69 Å². The van der Waals surface area contributed by atoms with E-state index in [9.17, 15) is 4.39 Å². The van der Waals surface area contributed by atoms with Crippen LogP contribution in [0, 0.1) is 11.7 Å². The van der Waals surface area contributed by atoms with Crippen LogP contribution in [-0.2, 0) is 0 Å². The Bertz CT molecular complexity index is 557. The molecule has 20 heavy (non-hydrogen) atoms. The maximum atomic E-state index is 13.5. The highest BCUT2D eigenvalue weighted by Crippen LogP contribution is 2.17. The molecular formula is C15H19FN4. The van der Waals surface area contributed by atoms with Gasteiger partial charge in [-0.1, -0.05) is 26.0 Å². The summed E-state index contributed by atoms with van der Waals surface area (Å²) in [5.41, 5.74) is 0.367. The van der Waals surface area contributed by atoms with E-state index in [4.69, 9.17) is 0 Å². The number of benzene rings is 1. The van der Waals surface area contributed by atoms with E-state index in [-0.39, 0.29) is 5.82 Å². The average molecular weight is 274 g/mol. The van der Waals surface area contributed by atoms with Gasteiger partial charge in [-0.3, -0.25) is 0 Å². The second-order valence-electron chi connectivity index (χ2n) is 4.98. The summed E-state index contributed by atoms with van der Waals surface area (Å²) in [5.74, 6) is 1.43. The first-order valence-corrected chi connectivity index (χ1v) is 6.73. The molecule has 0 radical (unpaired) electrons.